The molecule has 152 valence electrons. The van der Waals surface area contributed by atoms with Crippen molar-refractivity contribution >= 4 is 41.3 Å². The van der Waals surface area contributed by atoms with Crippen LogP contribution in [0.2, 0.25) is 0 Å². The van der Waals surface area contributed by atoms with Crippen LogP contribution in [0.3, 0.4) is 0 Å². The highest BCUT2D eigenvalue weighted by molar-refractivity contribution is 14.0. The van der Waals surface area contributed by atoms with Gasteiger partial charge in [-0.15, -0.1) is 35.3 Å². The zero-order chi connectivity index (χ0) is 19.4. The summed E-state index contributed by atoms with van der Waals surface area (Å²) in [5.74, 6) is 2.27. The highest BCUT2D eigenvalue weighted by Crippen LogP contribution is 2.25. The van der Waals surface area contributed by atoms with Gasteiger partial charge >= 0.3 is 0 Å². The highest BCUT2D eigenvalue weighted by Gasteiger charge is 2.19. The summed E-state index contributed by atoms with van der Waals surface area (Å²) in [5.41, 5.74) is 1.02. The molecule has 0 saturated heterocycles. The number of nitrogens with one attached hydrogen (secondary N) is 2. The lowest BCUT2D eigenvalue weighted by Gasteiger charge is -2.13. The molecule has 2 N–H and O–H groups in total. The predicted molar refractivity (Wildman–Crippen MR) is 123 cm³/mol. The van der Waals surface area contributed by atoms with Crippen molar-refractivity contribution in [2.45, 2.75) is 72.4 Å². The number of hydrogen-bond acceptors (Lipinski definition) is 5. The van der Waals surface area contributed by atoms with E-state index >= 15 is 0 Å². The summed E-state index contributed by atoms with van der Waals surface area (Å²) in [7, 11) is 0. The van der Waals surface area contributed by atoms with Crippen molar-refractivity contribution < 1.29 is 4.42 Å². The first-order chi connectivity index (χ1) is 12.1. The van der Waals surface area contributed by atoms with Crippen LogP contribution >= 0.6 is 35.3 Å². The summed E-state index contributed by atoms with van der Waals surface area (Å²) in [6.07, 6.45) is 1.80. The molecule has 0 aliphatic heterocycles. The van der Waals surface area contributed by atoms with E-state index in [2.05, 4.69) is 72.5 Å². The van der Waals surface area contributed by atoms with E-state index in [9.17, 15) is 0 Å². The number of guanidine groups is 1. The van der Waals surface area contributed by atoms with E-state index in [1.165, 1.54) is 0 Å². The van der Waals surface area contributed by atoms with Gasteiger partial charge in [-0.1, -0.05) is 41.5 Å². The van der Waals surface area contributed by atoms with Crippen molar-refractivity contribution in [3.63, 3.8) is 0 Å². The number of rotatable bonds is 5. The molecule has 0 bridgehead atoms. The second kappa shape index (κ2) is 9.86. The Labute approximate surface area is 183 Å². The van der Waals surface area contributed by atoms with Gasteiger partial charge in [-0.3, -0.25) is 0 Å². The van der Waals surface area contributed by atoms with Gasteiger partial charge < -0.3 is 15.1 Å². The van der Waals surface area contributed by atoms with Crippen molar-refractivity contribution in [3.05, 3.63) is 33.9 Å². The third kappa shape index (κ3) is 7.40. The molecule has 2 aromatic heterocycles. The Morgan fingerprint density at radius 3 is 2.37 bits per heavy atom. The number of nitrogens with zero attached hydrogens (tertiary/aromatic N) is 3. The SMILES string of the molecule is CCNC(=NCc1csc(C(C)(C)C)n1)NCc1ncc(C(C)(C)C)o1.I. The van der Waals surface area contributed by atoms with Crippen LogP contribution in [0.15, 0.2) is 21.0 Å². The standard InChI is InChI=1S/C19H31N5OS.HI/c1-8-20-17(22-9-13-12-26-16(24-13)19(5,6)7)23-11-15-21-10-14(25-15)18(2,3)4;/h10,12H,8-9,11H2,1-7H3,(H2,20,22,23);1H. The molecule has 0 aliphatic carbocycles. The molecule has 0 amide bonds. The lowest BCUT2D eigenvalue weighted by molar-refractivity contribution is 0.379. The Balaban J connectivity index is 0.00000364. The number of oxazole rings is 1. The number of aliphatic imine (C=N–C) groups is 1. The van der Waals surface area contributed by atoms with Crippen molar-refractivity contribution in [1.82, 2.24) is 20.6 Å². The largest absolute Gasteiger partial charge is 0.443 e. The lowest BCUT2D eigenvalue weighted by Crippen LogP contribution is -2.36. The second-order valence-electron chi connectivity index (χ2n) is 8.31. The smallest absolute Gasteiger partial charge is 0.213 e. The summed E-state index contributed by atoms with van der Waals surface area (Å²) in [6, 6.07) is 0. The molecular weight excluding hydrogens is 473 g/mol. The highest BCUT2D eigenvalue weighted by atomic mass is 127. The third-order valence-electron chi connectivity index (χ3n) is 3.64. The number of halogens is 1. The van der Waals surface area contributed by atoms with E-state index in [0.717, 1.165) is 29.0 Å². The first-order valence-electron chi connectivity index (χ1n) is 9.02. The molecule has 2 heterocycles. The van der Waals surface area contributed by atoms with Crippen LogP contribution in [0.4, 0.5) is 0 Å². The van der Waals surface area contributed by atoms with Gasteiger partial charge in [0.05, 0.1) is 30.0 Å². The van der Waals surface area contributed by atoms with Crippen molar-refractivity contribution in [2.24, 2.45) is 4.99 Å². The van der Waals surface area contributed by atoms with Crippen LogP contribution in [0.25, 0.3) is 0 Å². The molecule has 0 atom stereocenters. The fraction of sp³-hybridized carbons (Fsp3) is 0.632. The van der Waals surface area contributed by atoms with E-state index < -0.39 is 0 Å². The van der Waals surface area contributed by atoms with Crippen molar-refractivity contribution in [3.8, 4) is 0 Å². The van der Waals surface area contributed by atoms with Gasteiger partial charge in [0.15, 0.2) is 5.96 Å². The molecule has 27 heavy (non-hydrogen) atoms. The predicted octanol–water partition coefficient (Wildman–Crippen LogP) is 4.60. The molecular formula is C19H32IN5OS. The van der Waals surface area contributed by atoms with E-state index in [1.54, 1.807) is 17.5 Å². The maximum atomic E-state index is 5.81. The van der Waals surface area contributed by atoms with Crippen molar-refractivity contribution in [2.75, 3.05) is 6.54 Å². The number of thiazole rings is 1. The summed E-state index contributed by atoms with van der Waals surface area (Å²) in [5, 5.41) is 9.72. The summed E-state index contributed by atoms with van der Waals surface area (Å²) in [4.78, 5) is 13.6. The Morgan fingerprint density at radius 1 is 1.15 bits per heavy atom. The van der Waals surface area contributed by atoms with Crippen LogP contribution in [0, 0.1) is 0 Å². The van der Waals surface area contributed by atoms with Crippen LogP contribution in [0.5, 0.6) is 0 Å². The average molecular weight is 505 g/mol. The molecule has 0 spiro atoms. The molecule has 2 aromatic rings. The zero-order valence-corrected chi connectivity index (χ0v) is 20.5. The Morgan fingerprint density at radius 2 is 1.85 bits per heavy atom. The van der Waals surface area contributed by atoms with Gasteiger partial charge in [-0.05, 0) is 6.92 Å². The fourth-order valence-corrected chi connectivity index (χ4v) is 3.02. The summed E-state index contributed by atoms with van der Waals surface area (Å²) >= 11 is 1.69. The second-order valence-corrected chi connectivity index (χ2v) is 9.17. The maximum absolute atomic E-state index is 5.81. The monoisotopic (exact) mass is 505 g/mol. The van der Waals surface area contributed by atoms with Gasteiger partial charge in [-0.25, -0.2) is 15.0 Å². The number of hydrogen-bond donors (Lipinski definition) is 2. The molecule has 0 radical (unpaired) electrons. The van der Waals surface area contributed by atoms with Gasteiger partial charge in [0.25, 0.3) is 0 Å². The quantitative estimate of drug-likeness (QED) is 0.353. The molecule has 0 unspecified atom stereocenters. The minimum Gasteiger partial charge on any atom is -0.443 e. The van der Waals surface area contributed by atoms with E-state index in [0.29, 0.717) is 19.0 Å². The van der Waals surface area contributed by atoms with Gasteiger partial charge in [-0.2, -0.15) is 0 Å². The van der Waals surface area contributed by atoms with E-state index in [1.807, 2.05) is 6.92 Å². The van der Waals surface area contributed by atoms with Crippen LogP contribution < -0.4 is 10.6 Å². The molecule has 8 heteroatoms. The van der Waals surface area contributed by atoms with E-state index in [-0.39, 0.29) is 34.8 Å². The van der Waals surface area contributed by atoms with Crippen molar-refractivity contribution in [1.29, 1.82) is 0 Å². The van der Waals surface area contributed by atoms with Gasteiger partial charge in [0.1, 0.15) is 5.76 Å². The maximum Gasteiger partial charge on any atom is 0.213 e. The Bertz CT molecular complexity index is 740. The third-order valence-corrected chi connectivity index (χ3v) is 4.95. The molecule has 0 aromatic carbocycles. The minimum absolute atomic E-state index is 0. The van der Waals surface area contributed by atoms with Gasteiger partial charge in [0, 0.05) is 22.8 Å². The van der Waals surface area contributed by atoms with Crippen LogP contribution in [-0.2, 0) is 23.9 Å². The van der Waals surface area contributed by atoms with Crippen LogP contribution in [0.1, 0.15) is 70.8 Å². The molecule has 0 saturated carbocycles. The molecule has 0 aliphatic rings. The topological polar surface area (TPSA) is 75.3 Å². The average Bonchev–Trinajstić information content (AvgIpc) is 3.18. The zero-order valence-electron chi connectivity index (χ0n) is 17.3. The molecule has 6 nitrogen and oxygen atoms in total. The first kappa shape index (κ1) is 23.9. The molecule has 2 rings (SSSR count). The summed E-state index contributed by atoms with van der Waals surface area (Å²) < 4.78 is 5.81. The molecule has 0 fully saturated rings. The minimum atomic E-state index is -0.0424. The lowest BCUT2D eigenvalue weighted by atomic mass is 9.94. The number of aromatic nitrogens is 2. The van der Waals surface area contributed by atoms with Gasteiger partial charge in [0.2, 0.25) is 5.89 Å². The Hall–Kier alpha value is -1.16. The van der Waals surface area contributed by atoms with Crippen LogP contribution in [-0.4, -0.2) is 22.5 Å². The Kier molecular flexibility index (Phi) is 8.72. The first-order valence-corrected chi connectivity index (χ1v) is 9.90. The fourth-order valence-electron chi connectivity index (χ4n) is 2.12. The normalized spacial score (nSPS) is 12.6. The van der Waals surface area contributed by atoms with E-state index in [4.69, 9.17) is 4.42 Å². The summed E-state index contributed by atoms with van der Waals surface area (Å²) in [6.45, 7) is 16.7.